The van der Waals surface area contributed by atoms with Crippen molar-refractivity contribution in [2.75, 3.05) is 6.61 Å². The first-order chi connectivity index (χ1) is 9.33. The summed E-state index contributed by atoms with van der Waals surface area (Å²) in [6, 6.07) is -0.159. The van der Waals surface area contributed by atoms with Crippen LogP contribution in [-0.2, 0) is 4.43 Å². The summed E-state index contributed by atoms with van der Waals surface area (Å²) in [5, 5.41) is 0. The molecule has 1 fully saturated rings. The Morgan fingerprint density at radius 3 is 1.81 bits per heavy atom. The summed E-state index contributed by atoms with van der Waals surface area (Å²) in [5.41, 5.74) is 0. The fourth-order valence-electron chi connectivity index (χ4n) is 1.94. The van der Waals surface area contributed by atoms with Gasteiger partial charge in [0, 0.05) is 13.0 Å². The van der Waals surface area contributed by atoms with E-state index in [1.54, 1.807) is 0 Å². The highest BCUT2D eigenvalue weighted by Gasteiger charge is 2.81. The number of rotatable bonds is 5. The summed E-state index contributed by atoms with van der Waals surface area (Å²) in [5.74, 6) is -18.8. The average molecular weight is 348 g/mol. The molecule has 0 spiro atoms. The summed E-state index contributed by atoms with van der Waals surface area (Å²) < 4.78 is 118. The zero-order valence-corrected chi connectivity index (χ0v) is 11.8. The molecule has 0 radical (unpaired) electrons. The molecule has 1 unspecified atom stereocenters. The van der Waals surface area contributed by atoms with E-state index in [1.165, 1.54) is 0 Å². The molecule has 0 aromatic heterocycles. The molecule has 21 heavy (non-hydrogen) atoms. The van der Waals surface area contributed by atoms with Crippen LogP contribution in [-0.4, -0.2) is 39.6 Å². The fourth-order valence-corrected chi connectivity index (χ4v) is 4.49. The van der Waals surface area contributed by atoms with Gasteiger partial charge in [0.25, 0.3) is 0 Å². The number of alkyl halides is 9. The van der Waals surface area contributed by atoms with E-state index in [0.29, 0.717) is 18.9 Å². The lowest BCUT2D eigenvalue weighted by molar-refractivity contribution is -0.396. The second kappa shape index (κ2) is 5.97. The third kappa shape index (κ3) is 3.66. The Hall–Kier alpha value is -0.453. The number of hydrogen-bond donors (Lipinski definition) is 0. The lowest BCUT2D eigenvalue weighted by Gasteiger charge is -2.34. The summed E-state index contributed by atoms with van der Waals surface area (Å²) in [6.45, 7) is 0.275. The van der Waals surface area contributed by atoms with E-state index in [-0.39, 0.29) is 6.61 Å². The van der Waals surface area contributed by atoms with Crippen molar-refractivity contribution < 1.29 is 43.9 Å². The first kappa shape index (κ1) is 18.6. The van der Waals surface area contributed by atoms with Gasteiger partial charge < -0.3 is 4.43 Å². The van der Waals surface area contributed by atoms with Gasteiger partial charge in [0.2, 0.25) is 0 Å². The normalized spacial score (nSPS) is 22.4. The molecular formula is C10H13F9OSi. The maximum absolute atomic E-state index is 13.2. The Morgan fingerprint density at radius 2 is 1.38 bits per heavy atom. The van der Waals surface area contributed by atoms with Crippen molar-refractivity contribution >= 4 is 9.04 Å². The van der Waals surface area contributed by atoms with Gasteiger partial charge in [-0.05, 0) is 18.5 Å². The molecule has 0 N–H and O–H groups in total. The Kier molecular flexibility index (Phi) is 5.29. The van der Waals surface area contributed by atoms with Crippen molar-refractivity contribution in [3.8, 4) is 0 Å². The summed E-state index contributed by atoms with van der Waals surface area (Å²) in [7, 11) is -2.23. The second-order valence-electron chi connectivity index (χ2n) is 4.88. The fraction of sp³-hybridized carbons (Fsp3) is 1.00. The highest BCUT2D eigenvalue weighted by molar-refractivity contribution is 6.51. The van der Waals surface area contributed by atoms with Gasteiger partial charge >= 0.3 is 23.9 Å². The highest BCUT2D eigenvalue weighted by Crippen LogP contribution is 2.54. The van der Waals surface area contributed by atoms with Crippen LogP contribution in [0.1, 0.15) is 19.3 Å². The van der Waals surface area contributed by atoms with E-state index < -0.39 is 45.4 Å². The standard InChI is InChI=1S/C10H13F9OSi/c11-7(12,3-6-21-5-2-1-4-20-21)8(13,14)9(15,16)10(17,18)19/h21H,1-6H2. The van der Waals surface area contributed by atoms with E-state index >= 15 is 0 Å². The summed E-state index contributed by atoms with van der Waals surface area (Å²) >= 11 is 0. The van der Waals surface area contributed by atoms with Crippen LogP contribution in [0.4, 0.5) is 39.5 Å². The summed E-state index contributed by atoms with van der Waals surface area (Å²) in [6.07, 6.45) is -7.17. The van der Waals surface area contributed by atoms with Crippen LogP contribution in [0, 0.1) is 0 Å². The lowest BCUT2D eigenvalue weighted by atomic mass is 10.0. The first-order valence-corrected chi connectivity index (χ1v) is 8.25. The molecule has 0 aromatic rings. The Labute approximate surface area is 116 Å². The molecule has 0 aliphatic carbocycles. The Bertz CT molecular complexity index is 349. The monoisotopic (exact) mass is 348 g/mol. The van der Waals surface area contributed by atoms with Gasteiger partial charge in [-0.2, -0.15) is 39.5 Å². The molecule has 1 saturated heterocycles. The average Bonchev–Trinajstić information content (AvgIpc) is 2.36. The van der Waals surface area contributed by atoms with Gasteiger partial charge in [0.1, 0.15) is 0 Å². The number of hydrogen-bond acceptors (Lipinski definition) is 1. The van der Waals surface area contributed by atoms with Crippen LogP contribution in [0.2, 0.25) is 12.1 Å². The summed E-state index contributed by atoms with van der Waals surface area (Å²) in [4.78, 5) is 0. The molecule has 0 amide bonds. The van der Waals surface area contributed by atoms with Crippen LogP contribution < -0.4 is 0 Å². The van der Waals surface area contributed by atoms with Crippen molar-refractivity contribution in [3.63, 3.8) is 0 Å². The van der Waals surface area contributed by atoms with E-state index in [9.17, 15) is 39.5 Å². The largest absolute Gasteiger partial charge is 0.460 e. The molecule has 126 valence electrons. The quantitative estimate of drug-likeness (QED) is 0.529. The van der Waals surface area contributed by atoms with Crippen molar-refractivity contribution in [2.24, 2.45) is 0 Å². The van der Waals surface area contributed by atoms with Crippen LogP contribution in [0.3, 0.4) is 0 Å². The molecule has 0 aromatic carbocycles. The van der Waals surface area contributed by atoms with Crippen LogP contribution in [0.25, 0.3) is 0 Å². The highest BCUT2D eigenvalue weighted by atomic mass is 28.3. The molecule has 11 heteroatoms. The molecule has 1 aliphatic rings. The molecule has 1 heterocycles. The van der Waals surface area contributed by atoms with E-state index in [0.717, 1.165) is 0 Å². The van der Waals surface area contributed by atoms with Gasteiger partial charge in [-0.25, -0.2) is 0 Å². The van der Waals surface area contributed by atoms with Crippen molar-refractivity contribution in [3.05, 3.63) is 0 Å². The van der Waals surface area contributed by atoms with Gasteiger partial charge in [-0.15, -0.1) is 0 Å². The van der Waals surface area contributed by atoms with Crippen molar-refractivity contribution in [2.45, 2.75) is 55.3 Å². The molecular weight excluding hydrogens is 335 g/mol. The minimum Gasteiger partial charge on any atom is -0.420 e. The minimum atomic E-state index is -6.79. The van der Waals surface area contributed by atoms with Crippen molar-refractivity contribution in [1.29, 1.82) is 0 Å². The zero-order chi connectivity index (χ0) is 16.5. The third-order valence-electron chi connectivity index (χ3n) is 3.26. The van der Waals surface area contributed by atoms with E-state index in [2.05, 4.69) is 0 Å². The maximum atomic E-state index is 13.2. The molecule has 1 aliphatic heterocycles. The van der Waals surface area contributed by atoms with Crippen LogP contribution in [0.15, 0.2) is 0 Å². The van der Waals surface area contributed by atoms with Gasteiger partial charge in [0.05, 0.1) is 0 Å². The minimum absolute atomic E-state index is 0.275. The predicted octanol–water partition coefficient (Wildman–Crippen LogP) is 4.38. The van der Waals surface area contributed by atoms with Gasteiger partial charge in [0.15, 0.2) is 9.04 Å². The Balaban J connectivity index is 2.78. The predicted molar refractivity (Wildman–Crippen MR) is 57.5 cm³/mol. The molecule has 1 atom stereocenters. The molecule has 0 bridgehead atoms. The van der Waals surface area contributed by atoms with Crippen LogP contribution in [0.5, 0.6) is 0 Å². The Morgan fingerprint density at radius 1 is 0.810 bits per heavy atom. The topological polar surface area (TPSA) is 9.23 Å². The maximum Gasteiger partial charge on any atom is 0.460 e. The van der Waals surface area contributed by atoms with E-state index in [1.807, 2.05) is 0 Å². The molecule has 1 rings (SSSR count). The van der Waals surface area contributed by atoms with Crippen LogP contribution >= 0.6 is 0 Å². The first-order valence-electron chi connectivity index (χ1n) is 6.15. The lowest BCUT2D eigenvalue weighted by Crippen LogP contribution is -2.60. The van der Waals surface area contributed by atoms with Gasteiger partial charge in [-0.1, -0.05) is 6.42 Å². The second-order valence-corrected chi connectivity index (χ2v) is 7.61. The zero-order valence-electron chi connectivity index (χ0n) is 10.6. The van der Waals surface area contributed by atoms with Gasteiger partial charge in [-0.3, -0.25) is 0 Å². The van der Waals surface area contributed by atoms with Crippen molar-refractivity contribution in [1.82, 2.24) is 0 Å². The van der Waals surface area contributed by atoms with E-state index in [4.69, 9.17) is 4.43 Å². The molecule has 0 saturated carbocycles. The number of halogens is 9. The third-order valence-corrected chi connectivity index (χ3v) is 5.96. The SMILES string of the molecule is FC(F)(F)C(F)(F)C(F)(F)C(F)(F)CC[SiH]1CCCCO1. The molecule has 1 nitrogen and oxygen atoms in total. The smallest absolute Gasteiger partial charge is 0.420 e.